The molecule has 1 atom stereocenters. The Morgan fingerprint density at radius 2 is 1.80 bits per heavy atom. The lowest BCUT2D eigenvalue weighted by atomic mass is 10.0. The van der Waals surface area contributed by atoms with Crippen molar-refractivity contribution in [2.24, 2.45) is 5.92 Å². The molecule has 2 heterocycles. The minimum Gasteiger partial charge on any atom is -0.481 e. The van der Waals surface area contributed by atoms with Crippen molar-refractivity contribution in [3.05, 3.63) is 72.1 Å². The van der Waals surface area contributed by atoms with Crippen molar-refractivity contribution in [1.82, 2.24) is 15.3 Å². The molecule has 0 aliphatic heterocycles. The van der Waals surface area contributed by atoms with Crippen LogP contribution in [0.1, 0.15) is 49.9 Å². The fraction of sp³-hybridized carbons (Fsp3) is 0.320. The van der Waals surface area contributed by atoms with Gasteiger partial charge in [0.15, 0.2) is 0 Å². The SMILES string of the molecule is CC(C)CC(NC(=O)Cc1ccc(NC(=O)Nc2ccccn2)cc1)c1ncc(CCC(=O)O)o1. The third-order valence-electron chi connectivity index (χ3n) is 4.98. The van der Waals surface area contributed by atoms with Crippen LogP contribution in [0.15, 0.2) is 59.3 Å². The van der Waals surface area contributed by atoms with Crippen LogP contribution in [0.25, 0.3) is 0 Å². The molecule has 0 fully saturated rings. The maximum absolute atomic E-state index is 12.7. The molecule has 0 saturated heterocycles. The third-order valence-corrected chi connectivity index (χ3v) is 4.98. The topological polar surface area (TPSA) is 146 Å². The van der Waals surface area contributed by atoms with Crippen molar-refractivity contribution in [2.45, 2.75) is 45.6 Å². The van der Waals surface area contributed by atoms with Gasteiger partial charge in [0, 0.05) is 18.3 Å². The van der Waals surface area contributed by atoms with E-state index in [1.807, 2.05) is 13.8 Å². The number of urea groups is 1. The smallest absolute Gasteiger partial charge is 0.324 e. The molecule has 0 aliphatic rings. The highest BCUT2D eigenvalue weighted by atomic mass is 16.4. The summed E-state index contributed by atoms with van der Waals surface area (Å²) in [5.74, 6) is 0.442. The van der Waals surface area contributed by atoms with Crippen molar-refractivity contribution in [3.63, 3.8) is 0 Å². The Labute approximate surface area is 203 Å². The number of anilines is 2. The summed E-state index contributed by atoms with van der Waals surface area (Å²) in [5, 5.41) is 17.2. The summed E-state index contributed by atoms with van der Waals surface area (Å²) in [5.41, 5.74) is 1.35. The van der Waals surface area contributed by atoms with Crippen LogP contribution in [0.3, 0.4) is 0 Å². The van der Waals surface area contributed by atoms with Gasteiger partial charge >= 0.3 is 12.0 Å². The van der Waals surface area contributed by atoms with Crippen LogP contribution in [0, 0.1) is 5.92 Å². The lowest BCUT2D eigenvalue weighted by molar-refractivity contribution is -0.137. The number of aromatic nitrogens is 2. The summed E-state index contributed by atoms with van der Waals surface area (Å²) < 4.78 is 5.70. The van der Waals surface area contributed by atoms with Gasteiger partial charge in [-0.3, -0.25) is 14.9 Å². The molecule has 35 heavy (non-hydrogen) atoms. The summed E-state index contributed by atoms with van der Waals surface area (Å²) in [6.45, 7) is 4.06. The first-order chi connectivity index (χ1) is 16.8. The molecule has 10 nitrogen and oxygen atoms in total. The summed E-state index contributed by atoms with van der Waals surface area (Å²) in [6, 6.07) is 11.3. The largest absolute Gasteiger partial charge is 0.481 e. The number of rotatable bonds is 11. The number of pyridine rings is 1. The van der Waals surface area contributed by atoms with E-state index in [0.29, 0.717) is 29.6 Å². The van der Waals surface area contributed by atoms with Crippen molar-refractivity contribution < 1.29 is 23.9 Å². The van der Waals surface area contributed by atoms with E-state index in [-0.39, 0.29) is 31.1 Å². The van der Waals surface area contributed by atoms with Crippen LogP contribution in [-0.4, -0.2) is 33.0 Å². The molecule has 3 aromatic rings. The zero-order chi connectivity index (χ0) is 25.2. The van der Waals surface area contributed by atoms with E-state index in [2.05, 4.69) is 25.9 Å². The molecule has 4 N–H and O–H groups in total. The predicted octanol–water partition coefficient (Wildman–Crippen LogP) is 4.18. The predicted molar refractivity (Wildman–Crippen MR) is 130 cm³/mol. The zero-order valence-electron chi connectivity index (χ0n) is 19.7. The number of hydrogen-bond donors (Lipinski definition) is 4. The molecular weight excluding hydrogens is 450 g/mol. The second-order valence-corrected chi connectivity index (χ2v) is 8.48. The third kappa shape index (κ3) is 8.58. The average molecular weight is 480 g/mol. The maximum Gasteiger partial charge on any atom is 0.324 e. The summed E-state index contributed by atoms with van der Waals surface area (Å²) in [4.78, 5) is 43.9. The van der Waals surface area contributed by atoms with E-state index in [9.17, 15) is 14.4 Å². The Bertz CT molecular complexity index is 1130. The number of hydrogen-bond acceptors (Lipinski definition) is 6. The van der Waals surface area contributed by atoms with Gasteiger partial charge in [-0.05, 0) is 42.2 Å². The molecule has 0 radical (unpaired) electrons. The fourth-order valence-corrected chi connectivity index (χ4v) is 3.37. The molecule has 10 heteroatoms. The Morgan fingerprint density at radius 1 is 1.03 bits per heavy atom. The molecule has 2 aromatic heterocycles. The van der Waals surface area contributed by atoms with Crippen LogP contribution < -0.4 is 16.0 Å². The van der Waals surface area contributed by atoms with Gasteiger partial charge in [-0.1, -0.05) is 32.0 Å². The van der Waals surface area contributed by atoms with Gasteiger partial charge in [0.25, 0.3) is 0 Å². The Balaban J connectivity index is 1.55. The van der Waals surface area contributed by atoms with Crippen LogP contribution in [0.2, 0.25) is 0 Å². The van der Waals surface area contributed by atoms with Crippen molar-refractivity contribution in [1.29, 1.82) is 0 Å². The minimum atomic E-state index is -0.912. The van der Waals surface area contributed by atoms with E-state index < -0.39 is 18.0 Å². The quantitative estimate of drug-likeness (QED) is 0.323. The molecule has 184 valence electrons. The van der Waals surface area contributed by atoms with Crippen LogP contribution in [0.5, 0.6) is 0 Å². The van der Waals surface area contributed by atoms with E-state index in [1.54, 1.807) is 48.7 Å². The summed E-state index contributed by atoms with van der Waals surface area (Å²) in [6.07, 6.45) is 4.05. The summed E-state index contributed by atoms with van der Waals surface area (Å²) in [7, 11) is 0. The van der Waals surface area contributed by atoms with Gasteiger partial charge in [-0.25, -0.2) is 14.8 Å². The molecule has 3 amide bonds. The molecule has 1 aromatic carbocycles. The zero-order valence-corrected chi connectivity index (χ0v) is 19.7. The number of carboxylic acids is 1. The van der Waals surface area contributed by atoms with Gasteiger partial charge in [0.05, 0.1) is 19.0 Å². The second kappa shape index (κ2) is 12.3. The molecule has 0 saturated carbocycles. The van der Waals surface area contributed by atoms with Crippen LogP contribution >= 0.6 is 0 Å². The Morgan fingerprint density at radius 3 is 2.46 bits per heavy atom. The van der Waals surface area contributed by atoms with Crippen LogP contribution in [-0.2, 0) is 22.4 Å². The van der Waals surface area contributed by atoms with Crippen molar-refractivity contribution in [3.8, 4) is 0 Å². The van der Waals surface area contributed by atoms with Crippen molar-refractivity contribution in [2.75, 3.05) is 10.6 Å². The number of carboxylic acid groups (broad SMARTS) is 1. The fourth-order valence-electron chi connectivity index (χ4n) is 3.37. The molecule has 0 bridgehead atoms. The first kappa shape index (κ1) is 25.4. The standard InChI is InChI=1S/C25H29N5O5/c1-16(2)13-20(24-27-15-19(35-24)10-11-23(32)33)29-22(31)14-17-6-8-18(9-7-17)28-25(34)30-21-5-3-4-12-26-21/h3-9,12,15-16,20H,10-11,13-14H2,1-2H3,(H,29,31)(H,32,33)(H2,26,28,30,34). The average Bonchev–Trinajstić information content (AvgIpc) is 3.28. The van der Waals surface area contributed by atoms with Gasteiger partial charge < -0.3 is 20.2 Å². The van der Waals surface area contributed by atoms with E-state index in [4.69, 9.17) is 9.52 Å². The number of nitrogens with one attached hydrogen (secondary N) is 3. The number of aliphatic carboxylic acids is 1. The molecule has 3 rings (SSSR count). The van der Waals surface area contributed by atoms with E-state index >= 15 is 0 Å². The molecule has 0 spiro atoms. The monoisotopic (exact) mass is 479 g/mol. The maximum atomic E-state index is 12.7. The van der Waals surface area contributed by atoms with E-state index in [1.165, 1.54) is 6.20 Å². The van der Waals surface area contributed by atoms with Gasteiger partial charge in [-0.15, -0.1) is 0 Å². The number of oxazole rings is 1. The first-order valence-corrected chi connectivity index (χ1v) is 11.3. The van der Waals surface area contributed by atoms with E-state index in [0.717, 1.165) is 5.56 Å². The number of carbonyl (C=O) groups excluding carboxylic acids is 2. The lowest BCUT2D eigenvalue weighted by Gasteiger charge is -2.18. The number of nitrogens with zero attached hydrogens (tertiary/aromatic N) is 2. The molecule has 1 unspecified atom stereocenters. The van der Waals surface area contributed by atoms with Crippen LogP contribution in [0.4, 0.5) is 16.3 Å². The van der Waals surface area contributed by atoms with Crippen molar-refractivity contribution >= 4 is 29.4 Å². The number of amides is 3. The Hall–Kier alpha value is -4.21. The molecule has 0 aliphatic carbocycles. The number of benzene rings is 1. The summed E-state index contributed by atoms with van der Waals surface area (Å²) >= 11 is 0. The Kier molecular flexibility index (Phi) is 8.94. The highest BCUT2D eigenvalue weighted by Gasteiger charge is 2.21. The highest BCUT2D eigenvalue weighted by molar-refractivity contribution is 5.99. The normalized spacial score (nSPS) is 11.6. The molecular formula is C25H29N5O5. The minimum absolute atomic E-state index is 0.0501. The lowest BCUT2D eigenvalue weighted by Crippen LogP contribution is -2.31. The van der Waals surface area contributed by atoms with Gasteiger partial charge in [0.1, 0.15) is 17.6 Å². The van der Waals surface area contributed by atoms with Gasteiger partial charge in [0.2, 0.25) is 11.8 Å². The van der Waals surface area contributed by atoms with Gasteiger partial charge in [-0.2, -0.15) is 0 Å². The number of aryl methyl sites for hydroxylation is 1. The first-order valence-electron chi connectivity index (χ1n) is 11.3. The number of carbonyl (C=O) groups is 3. The second-order valence-electron chi connectivity index (χ2n) is 8.48. The highest BCUT2D eigenvalue weighted by Crippen LogP contribution is 2.22.